The van der Waals surface area contributed by atoms with Gasteiger partial charge in [-0.2, -0.15) is 5.10 Å². The van der Waals surface area contributed by atoms with Gasteiger partial charge in [-0.25, -0.2) is 9.80 Å². The van der Waals surface area contributed by atoms with E-state index >= 15 is 0 Å². The van der Waals surface area contributed by atoms with Crippen LogP contribution >= 0.6 is 11.6 Å². The molecule has 3 aromatic rings. The predicted octanol–water partition coefficient (Wildman–Crippen LogP) is 6.45. The van der Waals surface area contributed by atoms with Gasteiger partial charge in [0.15, 0.2) is 11.5 Å². The van der Waals surface area contributed by atoms with E-state index in [1.54, 1.807) is 25.3 Å². The number of aromatic hydroxyl groups is 1. The molecule has 0 spiro atoms. The van der Waals surface area contributed by atoms with E-state index in [1.807, 2.05) is 61.5 Å². The van der Waals surface area contributed by atoms with Crippen LogP contribution < -0.4 is 0 Å². The number of rotatable bonds is 6. The average Bonchev–Trinajstić information content (AvgIpc) is 2.86. The maximum atomic E-state index is 13.0. The second-order valence-electron chi connectivity index (χ2n) is 7.76. The zero-order valence-electron chi connectivity index (χ0n) is 19.7. The summed E-state index contributed by atoms with van der Waals surface area (Å²) in [5.74, 6) is -0.117. The number of hydrazone groups is 1. The Morgan fingerprint density at radius 3 is 2.46 bits per heavy atom. The van der Waals surface area contributed by atoms with Crippen LogP contribution in [0, 0.1) is 0 Å². The summed E-state index contributed by atoms with van der Waals surface area (Å²) in [7, 11) is 1.33. The number of benzene rings is 3. The van der Waals surface area contributed by atoms with Crippen molar-refractivity contribution in [3.63, 3.8) is 0 Å². The smallest absolute Gasteiger partial charge is 0.360 e. The van der Waals surface area contributed by atoms with Gasteiger partial charge in [0.2, 0.25) is 0 Å². The van der Waals surface area contributed by atoms with Crippen LogP contribution in [0.2, 0.25) is 5.02 Å². The molecule has 0 aromatic heterocycles. The molecule has 0 atom stereocenters. The Hall–Kier alpha value is -4.03. The van der Waals surface area contributed by atoms with Gasteiger partial charge in [-0.3, -0.25) is 0 Å². The molecule has 0 saturated carbocycles. The third-order valence-corrected chi connectivity index (χ3v) is 5.74. The molecular formula is C28H25ClN2O4. The SMILES string of the molecule is C/C=N\N1C(C(=O)OC)=C(OCc2ccccc2)c2ccc(-c3cc(O)cc(Cl)c3)cc2/C1=C\C. The van der Waals surface area contributed by atoms with E-state index in [9.17, 15) is 9.90 Å². The maximum Gasteiger partial charge on any atom is 0.360 e. The summed E-state index contributed by atoms with van der Waals surface area (Å²) in [5, 5.41) is 16.5. The van der Waals surface area contributed by atoms with E-state index in [0.29, 0.717) is 16.5 Å². The van der Waals surface area contributed by atoms with Crippen LogP contribution in [-0.4, -0.2) is 29.4 Å². The van der Waals surface area contributed by atoms with Crippen LogP contribution in [0.25, 0.3) is 22.6 Å². The molecule has 0 radical (unpaired) electrons. The molecule has 0 aliphatic carbocycles. The Bertz CT molecular complexity index is 1330. The number of hydrogen-bond acceptors (Lipinski definition) is 6. The van der Waals surface area contributed by atoms with E-state index in [0.717, 1.165) is 27.8 Å². The molecule has 1 aliphatic heterocycles. The van der Waals surface area contributed by atoms with Crippen molar-refractivity contribution in [3.05, 3.63) is 100 Å². The fourth-order valence-corrected chi connectivity index (χ4v) is 4.23. The van der Waals surface area contributed by atoms with Gasteiger partial charge in [0.25, 0.3) is 0 Å². The average molecular weight is 489 g/mol. The van der Waals surface area contributed by atoms with Gasteiger partial charge in [-0.1, -0.05) is 54.1 Å². The first-order chi connectivity index (χ1) is 17.0. The highest BCUT2D eigenvalue weighted by molar-refractivity contribution is 6.31. The fourth-order valence-electron chi connectivity index (χ4n) is 4.00. The molecule has 1 aliphatic rings. The van der Waals surface area contributed by atoms with E-state index in [-0.39, 0.29) is 18.1 Å². The molecule has 4 rings (SSSR count). The molecule has 35 heavy (non-hydrogen) atoms. The number of carbonyl (C=O) groups excluding carboxylic acids is 1. The standard InChI is InChI=1S/C28H25ClN2O4/c1-4-25-24-15-19(20-13-21(29)16-22(32)14-20)11-12-23(24)27(35-17-18-9-7-6-8-10-18)26(28(33)34-3)31(25)30-5-2/h4-16,32H,17H2,1-3H3/b25-4+,30-5-. The number of methoxy groups -OCH3 is 1. The van der Waals surface area contributed by atoms with E-state index in [4.69, 9.17) is 21.1 Å². The van der Waals surface area contributed by atoms with Gasteiger partial charge in [0.1, 0.15) is 12.4 Å². The van der Waals surface area contributed by atoms with Crippen molar-refractivity contribution in [2.45, 2.75) is 20.5 Å². The molecule has 6 nitrogen and oxygen atoms in total. The van der Waals surface area contributed by atoms with Crippen molar-refractivity contribution < 1.29 is 19.4 Å². The molecule has 0 fully saturated rings. The second kappa shape index (κ2) is 10.5. The van der Waals surface area contributed by atoms with Crippen molar-refractivity contribution in [2.24, 2.45) is 5.10 Å². The summed E-state index contributed by atoms with van der Waals surface area (Å²) < 4.78 is 11.4. The number of phenolic OH excluding ortho intramolecular Hbond substituents is 1. The quantitative estimate of drug-likeness (QED) is 0.319. The lowest BCUT2D eigenvalue weighted by Crippen LogP contribution is -2.29. The summed E-state index contributed by atoms with van der Waals surface area (Å²) in [6.45, 7) is 3.90. The number of ether oxygens (including phenoxy) is 2. The maximum absolute atomic E-state index is 13.0. The highest BCUT2D eigenvalue weighted by Crippen LogP contribution is 2.42. The molecule has 178 valence electrons. The van der Waals surface area contributed by atoms with Gasteiger partial charge < -0.3 is 14.6 Å². The molecule has 0 unspecified atom stereocenters. The predicted molar refractivity (Wildman–Crippen MR) is 138 cm³/mol. The number of allylic oxidation sites excluding steroid dienone is 1. The van der Waals surface area contributed by atoms with Crippen LogP contribution in [-0.2, 0) is 20.9 Å². The Labute approximate surface area is 209 Å². The van der Waals surface area contributed by atoms with Crippen LogP contribution in [0.5, 0.6) is 5.75 Å². The Morgan fingerprint density at radius 2 is 1.80 bits per heavy atom. The lowest BCUT2D eigenvalue weighted by Gasteiger charge is -2.32. The molecule has 3 aromatic carbocycles. The molecule has 0 amide bonds. The third kappa shape index (κ3) is 4.93. The number of halogens is 1. The van der Waals surface area contributed by atoms with E-state index < -0.39 is 5.97 Å². The number of esters is 1. The molecule has 1 heterocycles. The van der Waals surface area contributed by atoms with E-state index in [1.165, 1.54) is 18.2 Å². The number of nitrogens with zero attached hydrogens (tertiary/aromatic N) is 2. The minimum atomic E-state index is -0.562. The zero-order valence-corrected chi connectivity index (χ0v) is 20.4. The first-order valence-corrected chi connectivity index (χ1v) is 11.4. The van der Waals surface area contributed by atoms with Gasteiger partial charge in [0, 0.05) is 22.4 Å². The van der Waals surface area contributed by atoms with Crippen LogP contribution in [0.15, 0.2) is 83.6 Å². The Kier molecular flexibility index (Phi) is 7.22. The third-order valence-electron chi connectivity index (χ3n) is 5.52. The number of hydrogen-bond donors (Lipinski definition) is 1. The summed E-state index contributed by atoms with van der Waals surface area (Å²) in [6.07, 6.45) is 3.48. The molecule has 7 heteroatoms. The molecule has 0 bridgehead atoms. The van der Waals surface area contributed by atoms with Gasteiger partial charge in [-0.15, -0.1) is 0 Å². The largest absolute Gasteiger partial charge is 0.508 e. The summed E-state index contributed by atoms with van der Waals surface area (Å²) in [6, 6.07) is 20.4. The Balaban J connectivity index is 1.91. The zero-order chi connectivity index (χ0) is 24.9. The van der Waals surface area contributed by atoms with Gasteiger partial charge >= 0.3 is 5.97 Å². The highest BCUT2D eigenvalue weighted by Gasteiger charge is 2.35. The summed E-state index contributed by atoms with van der Waals surface area (Å²) in [4.78, 5) is 13.0. The number of phenols is 1. The first kappa shape index (κ1) is 24.1. The normalized spacial score (nSPS) is 14.4. The van der Waals surface area contributed by atoms with Crippen molar-refractivity contribution in [3.8, 4) is 16.9 Å². The first-order valence-electron chi connectivity index (χ1n) is 11.1. The summed E-state index contributed by atoms with van der Waals surface area (Å²) in [5.41, 5.74) is 4.98. The van der Waals surface area contributed by atoms with Crippen LogP contribution in [0.3, 0.4) is 0 Å². The number of fused-ring (bicyclic) bond motifs is 1. The lowest BCUT2D eigenvalue weighted by atomic mass is 9.92. The van der Waals surface area contributed by atoms with Crippen molar-refractivity contribution in [2.75, 3.05) is 7.11 Å². The van der Waals surface area contributed by atoms with Crippen molar-refractivity contribution >= 4 is 35.2 Å². The minimum Gasteiger partial charge on any atom is -0.508 e. The van der Waals surface area contributed by atoms with E-state index in [2.05, 4.69) is 5.10 Å². The monoisotopic (exact) mass is 488 g/mol. The van der Waals surface area contributed by atoms with Crippen molar-refractivity contribution in [1.82, 2.24) is 5.01 Å². The topological polar surface area (TPSA) is 71.4 Å². The van der Waals surface area contributed by atoms with Crippen LogP contribution in [0.4, 0.5) is 0 Å². The van der Waals surface area contributed by atoms with Crippen molar-refractivity contribution in [1.29, 1.82) is 0 Å². The molecule has 1 N–H and O–H groups in total. The summed E-state index contributed by atoms with van der Waals surface area (Å²) >= 11 is 6.18. The number of carbonyl (C=O) groups is 1. The van der Waals surface area contributed by atoms with Gasteiger partial charge in [0.05, 0.1) is 12.8 Å². The minimum absolute atomic E-state index is 0.0773. The van der Waals surface area contributed by atoms with Crippen LogP contribution in [0.1, 0.15) is 30.5 Å². The highest BCUT2D eigenvalue weighted by atomic mass is 35.5. The molecular weight excluding hydrogens is 464 g/mol. The molecule has 0 saturated heterocycles. The van der Waals surface area contributed by atoms with Gasteiger partial charge in [-0.05, 0) is 60.9 Å². The lowest BCUT2D eigenvalue weighted by molar-refractivity contribution is -0.137. The fraction of sp³-hybridized carbons (Fsp3) is 0.143. The Morgan fingerprint density at radius 1 is 1.03 bits per heavy atom. The second-order valence-corrected chi connectivity index (χ2v) is 8.20.